The van der Waals surface area contributed by atoms with Crippen LogP contribution in [0.1, 0.15) is 17.5 Å². The minimum absolute atomic E-state index is 0.137. The van der Waals surface area contributed by atoms with Crippen LogP contribution in [0.5, 0.6) is 5.75 Å². The summed E-state index contributed by atoms with van der Waals surface area (Å²) in [6.45, 7) is 0. The SMILES string of the molecule is O/N=C(\CCc1ccccc1)c1ccccc1O. The van der Waals surface area contributed by atoms with E-state index in [-0.39, 0.29) is 5.75 Å². The number of benzene rings is 2. The van der Waals surface area contributed by atoms with Crippen LogP contribution in [-0.2, 0) is 6.42 Å². The van der Waals surface area contributed by atoms with Crippen molar-refractivity contribution in [1.82, 2.24) is 0 Å². The van der Waals surface area contributed by atoms with Crippen LogP contribution in [0.2, 0.25) is 0 Å². The van der Waals surface area contributed by atoms with Crippen molar-refractivity contribution in [3.8, 4) is 5.75 Å². The lowest BCUT2D eigenvalue weighted by molar-refractivity contribution is 0.317. The van der Waals surface area contributed by atoms with Gasteiger partial charge in [-0.25, -0.2) is 0 Å². The van der Waals surface area contributed by atoms with E-state index in [1.54, 1.807) is 18.2 Å². The molecule has 0 unspecified atom stereocenters. The molecule has 3 nitrogen and oxygen atoms in total. The molecular weight excluding hydrogens is 226 g/mol. The lowest BCUT2D eigenvalue weighted by atomic mass is 10.0. The second-order valence-electron chi connectivity index (χ2n) is 4.05. The van der Waals surface area contributed by atoms with Crippen LogP contribution in [0.15, 0.2) is 59.8 Å². The Labute approximate surface area is 106 Å². The van der Waals surface area contributed by atoms with Gasteiger partial charge < -0.3 is 10.3 Å². The molecule has 2 N–H and O–H groups in total. The average Bonchev–Trinajstić information content (AvgIpc) is 2.42. The molecule has 3 heteroatoms. The zero-order valence-corrected chi connectivity index (χ0v) is 9.95. The molecule has 0 spiro atoms. The molecule has 0 aliphatic carbocycles. The maximum absolute atomic E-state index is 9.72. The molecule has 2 aromatic carbocycles. The van der Waals surface area contributed by atoms with Gasteiger partial charge in [0.2, 0.25) is 0 Å². The van der Waals surface area contributed by atoms with Crippen molar-refractivity contribution in [1.29, 1.82) is 0 Å². The average molecular weight is 241 g/mol. The monoisotopic (exact) mass is 241 g/mol. The molecule has 0 bridgehead atoms. The fourth-order valence-electron chi connectivity index (χ4n) is 1.86. The number of rotatable bonds is 4. The van der Waals surface area contributed by atoms with Crippen LogP contribution in [0.3, 0.4) is 0 Å². The summed E-state index contributed by atoms with van der Waals surface area (Å²) < 4.78 is 0. The Morgan fingerprint density at radius 3 is 2.28 bits per heavy atom. The van der Waals surface area contributed by atoms with Gasteiger partial charge in [-0.15, -0.1) is 0 Å². The number of phenols is 1. The first-order valence-electron chi connectivity index (χ1n) is 5.84. The third kappa shape index (κ3) is 2.88. The van der Waals surface area contributed by atoms with E-state index in [4.69, 9.17) is 5.21 Å². The Bertz CT molecular complexity index is 535. The maximum atomic E-state index is 9.72. The van der Waals surface area contributed by atoms with Crippen LogP contribution >= 0.6 is 0 Å². The summed E-state index contributed by atoms with van der Waals surface area (Å²) in [5.41, 5.74) is 2.25. The summed E-state index contributed by atoms with van der Waals surface area (Å²) >= 11 is 0. The number of aryl methyl sites for hydroxylation is 1. The smallest absolute Gasteiger partial charge is 0.124 e. The lowest BCUT2D eigenvalue weighted by Crippen LogP contribution is -2.03. The summed E-state index contributed by atoms with van der Waals surface area (Å²) in [6, 6.07) is 16.9. The van der Waals surface area contributed by atoms with Crippen molar-refractivity contribution < 1.29 is 10.3 Å². The molecular formula is C15H15NO2. The van der Waals surface area contributed by atoms with E-state index in [0.29, 0.717) is 17.7 Å². The van der Waals surface area contributed by atoms with Crippen molar-refractivity contribution in [2.24, 2.45) is 5.16 Å². The molecule has 0 heterocycles. The molecule has 18 heavy (non-hydrogen) atoms. The summed E-state index contributed by atoms with van der Waals surface area (Å²) in [6.07, 6.45) is 1.35. The van der Waals surface area contributed by atoms with E-state index in [0.717, 1.165) is 6.42 Å². The van der Waals surface area contributed by atoms with Gasteiger partial charge in [0.05, 0.1) is 5.71 Å². The third-order valence-electron chi connectivity index (χ3n) is 2.83. The van der Waals surface area contributed by atoms with E-state index in [2.05, 4.69) is 5.16 Å². The molecule has 92 valence electrons. The van der Waals surface area contributed by atoms with Crippen LogP contribution in [-0.4, -0.2) is 16.0 Å². The Balaban J connectivity index is 2.10. The van der Waals surface area contributed by atoms with Crippen molar-refractivity contribution >= 4 is 5.71 Å². The van der Waals surface area contributed by atoms with E-state index < -0.39 is 0 Å². The highest BCUT2D eigenvalue weighted by atomic mass is 16.4. The molecule has 0 saturated heterocycles. The number of phenolic OH excluding ortho intramolecular Hbond substituents is 1. The van der Waals surface area contributed by atoms with Crippen molar-refractivity contribution in [2.75, 3.05) is 0 Å². The number of aromatic hydroxyl groups is 1. The second-order valence-corrected chi connectivity index (χ2v) is 4.05. The van der Waals surface area contributed by atoms with Gasteiger partial charge in [-0.3, -0.25) is 0 Å². The molecule has 0 atom stereocenters. The van der Waals surface area contributed by atoms with E-state index >= 15 is 0 Å². The molecule has 0 aromatic heterocycles. The predicted molar refractivity (Wildman–Crippen MR) is 71.2 cm³/mol. The minimum Gasteiger partial charge on any atom is -0.507 e. The Morgan fingerprint density at radius 1 is 0.944 bits per heavy atom. The third-order valence-corrected chi connectivity index (χ3v) is 2.83. The highest BCUT2D eigenvalue weighted by Crippen LogP contribution is 2.19. The maximum Gasteiger partial charge on any atom is 0.124 e. The number of hydrogen-bond acceptors (Lipinski definition) is 3. The van der Waals surface area contributed by atoms with Gasteiger partial charge in [0, 0.05) is 5.56 Å². The summed E-state index contributed by atoms with van der Waals surface area (Å²) in [5.74, 6) is 0.137. The molecule has 0 aliphatic heterocycles. The Kier molecular flexibility index (Phi) is 3.97. The molecule has 0 fully saturated rings. The fourth-order valence-corrected chi connectivity index (χ4v) is 1.86. The summed E-state index contributed by atoms with van der Waals surface area (Å²) in [4.78, 5) is 0. The van der Waals surface area contributed by atoms with Gasteiger partial charge in [-0.2, -0.15) is 0 Å². The molecule has 0 amide bonds. The van der Waals surface area contributed by atoms with Crippen LogP contribution in [0.4, 0.5) is 0 Å². The van der Waals surface area contributed by atoms with Gasteiger partial charge in [0.1, 0.15) is 5.75 Å². The van der Waals surface area contributed by atoms with Gasteiger partial charge >= 0.3 is 0 Å². The van der Waals surface area contributed by atoms with Crippen molar-refractivity contribution in [3.63, 3.8) is 0 Å². The second kappa shape index (κ2) is 5.87. The normalized spacial score (nSPS) is 11.4. The summed E-state index contributed by atoms with van der Waals surface area (Å²) in [7, 11) is 0. The van der Waals surface area contributed by atoms with Gasteiger partial charge in [0.25, 0.3) is 0 Å². The van der Waals surface area contributed by atoms with Crippen molar-refractivity contribution in [2.45, 2.75) is 12.8 Å². The lowest BCUT2D eigenvalue weighted by Gasteiger charge is -2.06. The zero-order chi connectivity index (χ0) is 12.8. The topological polar surface area (TPSA) is 52.8 Å². The molecule has 2 rings (SSSR count). The van der Waals surface area contributed by atoms with Crippen LogP contribution in [0.25, 0.3) is 0 Å². The van der Waals surface area contributed by atoms with E-state index in [1.165, 1.54) is 5.56 Å². The largest absolute Gasteiger partial charge is 0.507 e. The first kappa shape index (κ1) is 12.2. The van der Waals surface area contributed by atoms with Gasteiger partial charge in [-0.05, 0) is 30.5 Å². The first-order valence-corrected chi connectivity index (χ1v) is 5.84. The van der Waals surface area contributed by atoms with E-state index in [1.807, 2.05) is 36.4 Å². The number of oxime groups is 1. The zero-order valence-electron chi connectivity index (χ0n) is 9.95. The summed E-state index contributed by atoms with van der Waals surface area (Å²) in [5, 5.41) is 22.1. The number of nitrogens with zero attached hydrogens (tertiary/aromatic N) is 1. The quantitative estimate of drug-likeness (QED) is 0.490. The highest BCUT2D eigenvalue weighted by molar-refractivity contribution is 6.02. The minimum atomic E-state index is 0.137. The van der Waals surface area contributed by atoms with Crippen LogP contribution in [0, 0.1) is 0 Å². The predicted octanol–water partition coefficient (Wildman–Crippen LogP) is 3.20. The molecule has 2 aromatic rings. The van der Waals surface area contributed by atoms with Crippen LogP contribution < -0.4 is 0 Å². The fraction of sp³-hybridized carbons (Fsp3) is 0.133. The highest BCUT2D eigenvalue weighted by Gasteiger charge is 2.09. The molecule has 0 aliphatic rings. The van der Waals surface area contributed by atoms with E-state index in [9.17, 15) is 5.11 Å². The molecule has 0 saturated carbocycles. The standard InChI is InChI=1S/C15H15NO2/c17-15-9-5-4-8-13(15)14(16-18)11-10-12-6-2-1-3-7-12/h1-9,17-18H,10-11H2/b16-14+. The first-order chi connectivity index (χ1) is 8.81. The Hall–Kier alpha value is -2.29. The van der Waals surface area contributed by atoms with Gasteiger partial charge in [-0.1, -0.05) is 47.6 Å². The Morgan fingerprint density at radius 2 is 1.61 bits per heavy atom. The molecule has 0 radical (unpaired) electrons. The van der Waals surface area contributed by atoms with Gasteiger partial charge in [0.15, 0.2) is 0 Å². The van der Waals surface area contributed by atoms with Crippen molar-refractivity contribution in [3.05, 3.63) is 65.7 Å². The number of para-hydroxylation sites is 1. The number of hydrogen-bond donors (Lipinski definition) is 2.